The van der Waals surface area contributed by atoms with Gasteiger partial charge >= 0.3 is 5.97 Å². The normalized spacial score (nSPS) is 15.4. The van der Waals surface area contributed by atoms with Crippen molar-refractivity contribution in [3.05, 3.63) is 71.0 Å². The maximum Gasteiger partial charge on any atom is 0.351 e. The summed E-state index contributed by atoms with van der Waals surface area (Å²) in [5.74, 6) is 0.633. The van der Waals surface area contributed by atoms with Crippen molar-refractivity contribution >= 4 is 17.6 Å². The number of ether oxygens (including phenoxy) is 3. The Balaban J connectivity index is 1.45. The number of fused-ring (bicyclic) bond motifs is 1. The second-order valence-corrected chi connectivity index (χ2v) is 6.43. The SMILES string of the molecule is Cc1nn(-c2ccccc2)c(Cl)c1COC(=O)[C@H]1COc2ccccc2O1. The zero-order chi connectivity index (χ0) is 18.8. The van der Waals surface area contributed by atoms with E-state index in [0.717, 1.165) is 5.69 Å². The Morgan fingerprint density at radius 3 is 2.67 bits per heavy atom. The van der Waals surface area contributed by atoms with Crippen LogP contribution in [0.4, 0.5) is 0 Å². The summed E-state index contributed by atoms with van der Waals surface area (Å²) in [7, 11) is 0. The van der Waals surface area contributed by atoms with Gasteiger partial charge in [-0.2, -0.15) is 5.10 Å². The molecule has 1 aliphatic heterocycles. The van der Waals surface area contributed by atoms with E-state index in [2.05, 4.69) is 5.10 Å². The van der Waals surface area contributed by atoms with Crippen LogP contribution in [0.3, 0.4) is 0 Å². The fraction of sp³-hybridized carbons (Fsp3) is 0.200. The van der Waals surface area contributed by atoms with Gasteiger partial charge in [0.2, 0.25) is 6.10 Å². The van der Waals surface area contributed by atoms with Gasteiger partial charge in [0.05, 0.1) is 11.4 Å². The Morgan fingerprint density at radius 1 is 1.19 bits per heavy atom. The molecule has 0 aliphatic carbocycles. The van der Waals surface area contributed by atoms with Gasteiger partial charge in [-0.05, 0) is 31.2 Å². The lowest BCUT2D eigenvalue weighted by Gasteiger charge is -2.24. The van der Waals surface area contributed by atoms with E-state index >= 15 is 0 Å². The molecule has 2 aromatic carbocycles. The highest BCUT2D eigenvalue weighted by Gasteiger charge is 2.29. The molecule has 2 heterocycles. The minimum Gasteiger partial charge on any atom is -0.485 e. The molecule has 0 saturated heterocycles. The van der Waals surface area contributed by atoms with Crippen LogP contribution in [-0.2, 0) is 16.1 Å². The predicted octanol–water partition coefficient (Wildman–Crippen LogP) is 3.72. The van der Waals surface area contributed by atoms with Crippen molar-refractivity contribution in [3.63, 3.8) is 0 Å². The molecule has 0 saturated carbocycles. The summed E-state index contributed by atoms with van der Waals surface area (Å²) in [6.07, 6.45) is -0.817. The van der Waals surface area contributed by atoms with E-state index in [9.17, 15) is 4.79 Å². The van der Waals surface area contributed by atoms with E-state index in [1.165, 1.54) is 0 Å². The van der Waals surface area contributed by atoms with Crippen LogP contribution in [0.1, 0.15) is 11.3 Å². The summed E-state index contributed by atoms with van der Waals surface area (Å²) in [4.78, 5) is 12.4. The molecule has 6 nitrogen and oxygen atoms in total. The molecule has 4 rings (SSSR count). The Morgan fingerprint density at radius 2 is 1.89 bits per heavy atom. The quantitative estimate of drug-likeness (QED) is 0.641. The third-order valence-electron chi connectivity index (χ3n) is 4.25. The fourth-order valence-corrected chi connectivity index (χ4v) is 3.13. The molecular weight excluding hydrogens is 368 g/mol. The first-order valence-electron chi connectivity index (χ1n) is 8.48. The highest BCUT2D eigenvalue weighted by Crippen LogP contribution is 2.31. The van der Waals surface area contributed by atoms with Crippen LogP contribution in [0.15, 0.2) is 54.6 Å². The monoisotopic (exact) mass is 384 g/mol. The minimum absolute atomic E-state index is 0.0117. The van der Waals surface area contributed by atoms with E-state index in [0.29, 0.717) is 27.9 Å². The number of esters is 1. The molecular formula is C20H17ClN2O4. The maximum absolute atomic E-state index is 12.4. The van der Waals surface area contributed by atoms with E-state index < -0.39 is 12.1 Å². The summed E-state index contributed by atoms with van der Waals surface area (Å²) in [6, 6.07) is 16.7. The third kappa shape index (κ3) is 3.48. The molecule has 0 amide bonds. The van der Waals surface area contributed by atoms with Gasteiger partial charge < -0.3 is 14.2 Å². The number of aryl methyl sites for hydroxylation is 1. The first-order valence-corrected chi connectivity index (χ1v) is 8.86. The predicted molar refractivity (Wildman–Crippen MR) is 99.5 cm³/mol. The van der Waals surface area contributed by atoms with Crippen LogP contribution >= 0.6 is 11.6 Å². The fourth-order valence-electron chi connectivity index (χ4n) is 2.81. The molecule has 1 aliphatic rings. The number of aromatic nitrogens is 2. The minimum atomic E-state index is -0.817. The molecule has 0 spiro atoms. The van der Waals surface area contributed by atoms with Gasteiger partial charge in [0, 0.05) is 5.56 Å². The zero-order valence-corrected chi connectivity index (χ0v) is 15.3. The van der Waals surface area contributed by atoms with Gasteiger partial charge in [0.25, 0.3) is 0 Å². The number of rotatable bonds is 4. The first kappa shape index (κ1) is 17.4. The molecule has 7 heteroatoms. The van der Waals surface area contributed by atoms with Crippen LogP contribution in [0.5, 0.6) is 11.5 Å². The second-order valence-electron chi connectivity index (χ2n) is 6.07. The van der Waals surface area contributed by atoms with Crippen molar-refractivity contribution in [1.82, 2.24) is 9.78 Å². The van der Waals surface area contributed by atoms with Crippen LogP contribution < -0.4 is 9.47 Å². The number of hydrogen-bond acceptors (Lipinski definition) is 5. The number of halogens is 1. The van der Waals surface area contributed by atoms with Gasteiger partial charge in [-0.15, -0.1) is 0 Å². The average molecular weight is 385 g/mol. The molecule has 1 aromatic heterocycles. The number of para-hydroxylation sites is 3. The highest BCUT2D eigenvalue weighted by atomic mass is 35.5. The highest BCUT2D eigenvalue weighted by molar-refractivity contribution is 6.30. The van der Waals surface area contributed by atoms with E-state index in [1.807, 2.05) is 49.4 Å². The number of carbonyl (C=O) groups excluding carboxylic acids is 1. The number of hydrogen-bond donors (Lipinski definition) is 0. The Kier molecular flexibility index (Phi) is 4.73. The molecule has 1 atom stereocenters. The van der Waals surface area contributed by atoms with Crippen molar-refractivity contribution in [3.8, 4) is 17.2 Å². The number of carbonyl (C=O) groups is 1. The van der Waals surface area contributed by atoms with Crippen LogP contribution in [0.2, 0.25) is 5.15 Å². The molecule has 138 valence electrons. The van der Waals surface area contributed by atoms with E-state index in [1.54, 1.807) is 16.8 Å². The molecule has 0 bridgehead atoms. The van der Waals surface area contributed by atoms with Gasteiger partial charge in [-0.3, -0.25) is 0 Å². The molecule has 27 heavy (non-hydrogen) atoms. The van der Waals surface area contributed by atoms with Crippen molar-refractivity contribution in [2.45, 2.75) is 19.6 Å². The second kappa shape index (κ2) is 7.32. The molecule has 3 aromatic rings. The van der Waals surface area contributed by atoms with Crippen molar-refractivity contribution < 1.29 is 19.0 Å². The third-order valence-corrected chi connectivity index (χ3v) is 4.64. The topological polar surface area (TPSA) is 62.6 Å². The molecule has 0 fully saturated rings. The van der Waals surface area contributed by atoms with Crippen molar-refractivity contribution in [2.75, 3.05) is 6.61 Å². The Bertz CT molecular complexity index is 971. The van der Waals surface area contributed by atoms with E-state index in [4.69, 9.17) is 25.8 Å². The Labute approximate surface area is 161 Å². The average Bonchev–Trinajstić information content (AvgIpc) is 3.00. The van der Waals surface area contributed by atoms with Crippen LogP contribution in [0.25, 0.3) is 5.69 Å². The van der Waals surface area contributed by atoms with Gasteiger partial charge in [-0.25, -0.2) is 9.48 Å². The lowest BCUT2D eigenvalue weighted by atomic mass is 10.2. The molecule has 0 unspecified atom stereocenters. The van der Waals surface area contributed by atoms with Crippen LogP contribution in [0, 0.1) is 6.92 Å². The Hall–Kier alpha value is -2.99. The number of benzene rings is 2. The summed E-state index contributed by atoms with van der Waals surface area (Å²) in [5.41, 5.74) is 2.19. The standard InChI is InChI=1S/C20H17ClN2O4/c1-13-15(19(21)23(22-13)14-7-3-2-4-8-14)11-26-20(24)18-12-25-16-9-5-6-10-17(16)27-18/h2-10,18H,11-12H2,1H3/t18-/m1/s1. The van der Waals surface area contributed by atoms with Crippen LogP contribution in [-0.4, -0.2) is 28.5 Å². The summed E-state index contributed by atoms with van der Waals surface area (Å²) in [5, 5.41) is 4.85. The molecule has 0 N–H and O–H groups in total. The van der Waals surface area contributed by atoms with Gasteiger partial charge in [-0.1, -0.05) is 41.9 Å². The largest absolute Gasteiger partial charge is 0.485 e. The van der Waals surface area contributed by atoms with Crippen molar-refractivity contribution in [1.29, 1.82) is 0 Å². The lowest BCUT2D eigenvalue weighted by Crippen LogP contribution is -2.37. The number of nitrogens with zero attached hydrogens (tertiary/aromatic N) is 2. The maximum atomic E-state index is 12.4. The van der Waals surface area contributed by atoms with Gasteiger partial charge in [0.15, 0.2) is 11.5 Å². The summed E-state index contributed by atoms with van der Waals surface area (Å²) in [6.45, 7) is 1.94. The summed E-state index contributed by atoms with van der Waals surface area (Å²) >= 11 is 6.45. The van der Waals surface area contributed by atoms with Gasteiger partial charge in [0.1, 0.15) is 18.4 Å². The van der Waals surface area contributed by atoms with Crippen molar-refractivity contribution in [2.24, 2.45) is 0 Å². The van der Waals surface area contributed by atoms with E-state index in [-0.39, 0.29) is 13.2 Å². The lowest BCUT2D eigenvalue weighted by molar-refractivity contribution is -0.155. The zero-order valence-electron chi connectivity index (χ0n) is 14.6. The first-order chi connectivity index (χ1) is 13.1. The smallest absolute Gasteiger partial charge is 0.351 e. The molecule has 0 radical (unpaired) electrons. The summed E-state index contributed by atoms with van der Waals surface area (Å²) < 4.78 is 18.2.